The van der Waals surface area contributed by atoms with Crippen molar-refractivity contribution < 1.29 is 9.59 Å². The summed E-state index contributed by atoms with van der Waals surface area (Å²) < 4.78 is 0. The Hall–Kier alpha value is -2.76. The highest BCUT2D eigenvalue weighted by molar-refractivity contribution is 5.95. The highest BCUT2D eigenvalue weighted by Gasteiger charge is 2.49. The quantitative estimate of drug-likeness (QED) is 0.851. The Balaban J connectivity index is 1.48. The average molecular weight is 350 g/mol. The SMILES string of the molecule is O=C(c1ccncc1)N1CCC[C@@]2(CCN(Cc3ccncc3)C2=O)C1. The van der Waals surface area contributed by atoms with Crippen LogP contribution in [0.3, 0.4) is 0 Å². The third-order valence-corrected chi connectivity index (χ3v) is 5.52. The molecule has 0 aromatic carbocycles. The fraction of sp³-hybridized carbons (Fsp3) is 0.400. The summed E-state index contributed by atoms with van der Waals surface area (Å²) in [5.41, 5.74) is 1.30. The van der Waals surface area contributed by atoms with E-state index in [1.807, 2.05) is 21.9 Å². The Morgan fingerprint density at radius 3 is 2.42 bits per heavy atom. The lowest BCUT2D eigenvalue weighted by molar-refractivity contribution is -0.138. The second kappa shape index (κ2) is 6.86. The maximum atomic E-state index is 13.2. The minimum Gasteiger partial charge on any atom is -0.338 e. The van der Waals surface area contributed by atoms with Crippen molar-refractivity contribution in [2.45, 2.75) is 25.8 Å². The van der Waals surface area contributed by atoms with E-state index in [9.17, 15) is 9.59 Å². The van der Waals surface area contributed by atoms with Crippen LogP contribution in [0.1, 0.15) is 35.2 Å². The Kier molecular flexibility index (Phi) is 4.41. The van der Waals surface area contributed by atoms with E-state index in [1.165, 1.54) is 0 Å². The van der Waals surface area contributed by atoms with Crippen LogP contribution in [-0.2, 0) is 11.3 Å². The van der Waals surface area contributed by atoms with Gasteiger partial charge in [0, 0.05) is 56.5 Å². The van der Waals surface area contributed by atoms with Crippen LogP contribution in [0.2, 0.25) is 0 Å². The topological polar surface area (TPSA) is 66.4 Å². The van der Waals surface area contributed by atoms with Crippen LogP contribution in [0.4, 0.5) is 0 Å². The molecule has 2 aliphatic heterocycles. The molecule has 2 amide bonds. The number of carbonyl (C=O) groups excluding carboxylic acids is 2. The molecule has 2 saturated heterocycles. The van der Waals surface area contributed by atoms with Crippen LogP contribution in [0.5, 0.6) is 0 Å². The number of hydrogen-bond donors (Lipinski definition) is 0. The first kappa shape index (κ1) is 16.7. The Morgan fingerprint density at radius 2 is 1.69 bits per heavy atom. The van der Waals surface area contributed by atoms with Gasteiger partial charge in [-0.15, -0.1) is 0 Å². The molecule has 0 aliphatic carbocycles. The number of hydrogen-bond acceptors (Lipinski definition) is 4. The first-order valence-corrected chi connectivity index (χ1v) is 9.06. The average Bonchev–Trinajstić information content (AvgIpc) is 2.98. The molecule has 0 saturated carbocycles. The predicted molar refractivity (Wildman–Crippen MR) is 96.1 cm³/mol. The summed E-state index contributed by atoms with van der Waals surface area (Å²) >= 11 is 0. The summed E-state index contributed by atoms with van der Waals surface area (Å²) in [5.74, 6) is 0.174. The van der Waals surface area contributed by atoms with Gasteiger partial charge in [0.2, 0.25) is 5.91 Å². The van der Waals surface area contributed by atoms with E-state index < -0.39 is 5.41 Å². The summed E-state index contributed by atoms with van der Waals surface area (Å²) in [7, 11) is 0. The van der Waals surface area contributed by atoms with Crippen LogP contribution >= 0.6 is 0 Å². The van der Waals surface area contributed by atoms with E-state index in [0.29, 0.717) is 25.2 Å². The minimum atomic E-state index is -0.423. The zero-order valence-electron chi connectivity index (χ0n) is 14.7. The highest BCUT2D eigenvalue weighted by atomic mass is 16.2. The van der Waals surface area contributed by atoms with Crippen LogP contribution in [0.15, 0.2) is 49.1 Å². The number of likely N-dealkylation sites (tertiary alicyclic amines) is 2. The molecule has 1 spiro atoms. The molecular formula is C20H22N4O2. The van der Waals surface area contributed by atoms with Gasteiger partial charge in [0.05, 0.1) is 5.41 Å². The molecule has 0 unspecified atom stereocenters. The first-order valence-electron chi connectivity index (χ1n) is 9.06. The van der Waals surface area contributed by atoms with Gasteiger partial charge in [0.25, 0.3) is 5.91 Å². The van der Waals surface area contributed by atoms with Gasteiger partial charge >= 0.3 is 0 Å². The molecule has 2 aromatic rings. The molecule has 2 aliphatic rings. The standard InChI is InChI=1S/C20H22N4O2/c25-18(17-4-10-22-11-5-17)24-12-1-6-20(15-24)7-13-23(19(20)26)14-16-2-8-21-9-3-16/h2-5,8-11H,1,6-7,12-15H2/t20-/m1/s1. The van der Waals surface area contributed by atoms with Crippen molar-refractivity contribution in [2.75, 3.05) is 19.6 Å². The van der Waals surface area contributed by atoms with Gasteiger partial charge in [0.1, 0.15) is 0 Å². The van der Waals surface area contributed by atoms with Crippen molar-refractivity contribution in [1.82, 2.24) is 19.8 Å². The molecule has 6 nitrogen and oxygen atoms in total. The van der Waals surface area contributed by atoms with Crippen LogP contribution in [0, 0.1) is 5.41 Å². The minimum absolute atomic E-state index is 0.00754. The van der Waals surface area contributed by atoms with Gasteiger partial charge in [-0.2, -0.15) is 0 Å². The molecule has 0 N–H and O–H groups in total. The van der Waals surface area contributed by atoms with E-state index in [0.717, 1.165) is 31.4 Å². The van der Waals surface area contributed by atoms with Crippen molar-refractivity contribution in [3.8, 4) is 0 Å². The van der Waals surface area contributed by atoms with Crippen molar-refractivity contribution >= 4 is 11.8 Å². The lowest BCUT2D eigenvalue weighted by Crippen LogP contribution is -2.49. The second-order valence-corrected chi connectivity index (χ2v) is 7.18. The summed E-state index contributed by atoms with van der Waals surface area (Å²) in [6.45, 7) is 2.58. The molecule has 2 aromatic heterocycles. The number of rotatable bonds is 3. The highest BCUT2D eigenvalue weighted by Crippen LogP contribution is 2.41. The molecule has 1 atom stereocenters. The number of amides is 2. The Labute approximate surface area is 152 Å². The number of piperidine rings is 1. The van der Waals surface area contributed by atoms with Gasteiger partial charge in [-0.05, 0) is 49.1 Å². The van der Waals surface area contributed by atoms with Crippen molar-refractivity contribution in [1.29, 1.82) is 0 Å². The van der Waals surface area contributed by atoms with Crippen LogP contribution in [0.25, 0.3) is 0 Å². The molecular weight excluding hydrogens is 328 g/mol. The van der Waals surface area contributed by atoms with Crippen LogP contribution < -0.4 is 0 Å². The van der Waals surface area contributed by atoms with E-state index in [-0.39, 0.29) is 11.8 Å². The Morgan fingerprint density at radius 1 is 1.00 bits per heavy atom. The largest absolute Gasteiger partial charge is 0.338 e. The van der Waals surface area contributed by atoms with E-state index >= 15 is 0 Å². The van der Waals surface area contributed by atoms with E-state index in [2.05, 4.69) is 9.97 Å². The van der Waals surface area contributed by atoms with Crippen molar-refractivity contribution in [2.24, 2.45) is 5.41 Å². The fourth-order valence-corrected chi connectivity index (χ4v) is 4.11. The predicted octanol–water partition coefficient (Wildman–Crippen LogP) is 2.13. The van der Waals surface area contributed by atoms with Crippen LogP contribution in [-0.4, -0.2) is 51.2 Å². The number of nitrogens with zero attached hydrogens (tertiary/aromatic N) is 4. The normalized spacial score (nSPS) is 22.8. The third-order valence-electron chi connectivity index (χ3n) is 5.52. The van der Waals surface area contributed by atoms with E-state index in [1.54, 1.807) is 36.9 Å². The molecule has 26 heavy (non-hydrogen) atoms. The molecule has 4 heterocycles. The first-order chi connectivity index (χ1) is 12.7. The number of carbonyl (C=O) groups is 2. The molecule has 134 valence electrons. The molecule has 4 rings (SSSR count). The smallest absolute Gasteiger partial charge is 0.253 e. The molecule has 2 fully saturated rings. The molecule has 0 bridgehead atoms. The second-order valence-electron chi connectivity index (χ2n) is 7.18. The zero-order valence-corrected chi connectivity index (χ0v) is 14.7. The van der Waals surface area contributed by atoms with Crippen molar-refractivity contribution in [3.05, 3.63) is 60.2 Å². The maximum absolute atomic E-state index is 13.2. The third kappa shape index (κ3) is 3.07. The molecule has 0 radical (unpaired) electrons. The van der Waals surface area contributed by atoms with Gasteiger partial charge in [-0.1, -0.05) is 0 Å². The summed E-state index contributed by atoms with van der Waals surface area (Å²) in [5, 5.41) is 0. The summed E-state index contributed by atoms with van der Waals surface area (Å²) in [4.78, 5) is 37.7. The van der Waals surface area contributed by atoms with Gasteiger partial charge in [0.15, 0.2) is 0 Å². The summed E-state index contributed by atoms with van der Waals surface area (Å²) in [6.07, 6.45) is 9.30. The van der Waals surface area contributed by atoms with E-state index in [4.69, 9.17) is 0 Å². The van der Waals surface area contributed by atoms with Gasteiger partial charge in [-0.25, -0.2) is 0 Å². The summed E-state index contributed by atoms with van der Waals surface area (Å²) in [6, 6.07) is 7.35. The monoisotopic (exact) mass is 350 g/mol. The number of aromatic nitrogens is 2. The fourth-order valence-electron chi connectivity index (χ4n) is 4.11. The maximum Gasteiger partial charge on any atom is 0.253 e. The molecule has 6 heteroatoms. The zero-order chi connectivity index (χ0) is 18.0. The van der Waals surface area contributed by atoms with Crippen molar-refractivity contribution in [3.63, 3.8) is 0 Å². The van der Waals surface area contributed by atoms with Gasteiger partial charge < -0.3 is 9.80 Å². The lowest BCUT2D eigenvalue weighted by Gasteiger charge is -2.39. The van der Waals surface area contributed by atoms with Gasteiger partial charge in [-0.3, -0.25) is 19.6 Å². The Bertz CT molecular complexity index is 796. The number of pyridine rings is 2. The lowest BCUT2D eigenvalue weighted by atomic mass is 9.78.